The minimum Gasteiger partial charge on any atom is -0.481 e. The number of ether oxygens (including phenoxy) is 1. The number of alkyl carbamates (subject to hydrolysis) is 1. The van der Waals surface area contributed by atoms with Gasteiger partial charge in [0.15, 0.2) is 0 Å². The fourth-order valence-electron chi connectivity index (χ4n) is 2.63. The third kappa shape index (κ3) is 6.84. The van der Waals surface area contributed by atoms with Crippen molar-refractivity contribution in [3.05, 3.63) is 70.2 Å². The first-order valence-electron chi connectivity index (χ1n) is 8.67. The van der Waals surface area contributed by atoms with E-state index in [0.717, 1.165) is 5.56 Å². The fraction of sp³-hybridized carbons (Fsp3) is 0.300. The van der Waals surface area contributed by atoms with Gasteiger partial charge in [0.2, 0.25) is 0 Å². The molecule has 0 aromatic heterocycles. The van der Waals surface area contributed by atoms with Crippen molar-refractivity contribution < 1.29 is 29.6 Å². The summed E-state index contributed by atoms with van der Waals surface area (Å²) in [6, 6.07) is 13.6. The molecule has 0 aliphatic rings. The minimum absolute atomic E-state index is 0.0423. The van der Waals surface area contributed by atoms with E-state index in [-0.39, 0.29) is 31.6 Å². The molecule has 2 aromatic rings. The Morgan fingerprint density at radius 3 is 2.50 bits per heavy atom. The van der Waals surface area contributed by atoms with Gasteiger partial charge in [-0.15, -0.1) is 0 Å². The van der Waals surface area contributed by atoms with E-state index in [0.29, 0.717) is 10.6 Å². The van der Waals surface area contributed by atoms with Crippen LogP contribution in [0.4, 0.5) is 4.79 Å². The minimum atomic E-state index is -1.34. The van der Waals surface area contributed by atoms with E-state index < -0.39 is 24.3 Å². The Bertz CT molecular complexity index is 799. The molecule has 2 unspecified atom stereocenters. The van der Waals surface area contributed by atoms with Crippen molar-refractivity contribution in [1.29, 1.82) is 0 Å². The average molecular weight is 408 g/mol. The number of carbonyl (C=O) groups is 2. The van der Waals surface area contributed by atoms with Gasteiger partial charge in [-0.05, 0) is 35.2 Å². The van der Waals surface area contributed by atoms with E-state index in [2.05, 4.69) is 5.32 Å². The Labute approximate surface area is 167 Å². The molecule has 0 fully saturated rings. The van der Waals surface area contributed by atoms with Crippen molar-refractivity contribution >= 4 is 23.7 Å². The van der Waals surface area contributed by atoms with Crippen LogP contribution in [-0.2, 0) is 22.6 Å². The predicted octanol–water partition coefficient (Wildman–Crippen LogP) is 2.68. The van der Waals surface area contributed by atoms with Crippen molar-refractivity contribution in [3.63, 3.8) is 0 Å². The number of carbonyl (C=O) groups excluding carboxylic acids is 1. The Morgan fingerprint density at radius 2 is 1.82 bits per heavy atom. The highest BCUT2D eigenvalue weighted by Crippen LogP contribution is 2.26. The Hall–Kier alpha value is -2.61. The van der Waals surface area contributed by atoms with Crippen molar-refractivity contribution in [2.75, 3.05) is 6.54 Å². The second-order valence-corrected chi connectivity index (χ2v) is 6.64. The number of carboxylic acid groups (broad SMARTS) is 1. The monoisotopic (exact) mass is 407 g/mol. The molecule has 2 atom stereocenters. The summed E-state index contributed by atoms with van der Waals surface area (Å²) in [5, 5.41) is 32.4. The summed E-state index contributed by atoms with van der Waals surface area (Å²) in [7, 11) is 0. The molecule has 0 saturated heterocycles. The van der Waals surface area contributed by atoms with Crippen LogP contribution in [0.15, 0.2) is 48.5 Å². The first-order valence-corrected chi connectivity index (χ1v) is 9.05. The van der Waals surface area contributed by atoms with Crippen LogP contribution in [0.3, 0.4) is 0 Å². The summed E-state index contributed by atoms with van der Waals surface area (Å²) in [5.41, 5.74) is 1.45. The lowest BCUT2D eigenvalue weighted by atomic mass is 9.95. The van der Waals surface area contributed by atoms with Gasteiger partial charge in [-0.3, -0.25) is 4.79 Å². The number of hydrogen-bond donors (Lipinski definition) is 4. The molecular formula is C20H22ClNO6. The number of nitrogens with one attached hydrogen (secondary N) is 1. The van der Waals surface area contributed by atoms with Crippen LogP contribution >= 0.6 is 11.6 Å². The van der Waals surface area contributed by atoms with Gasteiger partial charge < -0.3 is 25.4 Å². The second-order valence-electron chi connectivity index (χ2n) is 6.20. The van der Waals surface area contributed by atoms with Gasteiger partial charge in [0.25, 0.3) is 0 Å². The second kappa shape index (κ2) is 10.7. The Morgan fingerprint density at radius 1 is 1.11 bits per heavy atom. The number of hydrogen-bond acceptors (Lipinski definition) is 5. The van der Waals surface area contributed by atoms with Gasteiger partial charge in [0.1, 0.15) is 12.7 Å². The van der Waals surface area contributed by atoms with E-state index in [1.54, 1.807) is 0 Å². The maximum atomic E-state index is 11.7. The smallest absolute Gasteiger partial charge is 0.407 e. The lowest BCUT2D eigenvalue weighted by molar-refractivity contribution is -0.136. The van der Waals surface area contributed by atoms with E-state index in [9.17, 15) is 19.8 Å². The SMILES string of the molecule is O=C(O)Cc1ccc(Cl)cc1C(O)C(O)CCNC(=O)OCc1ccccc1. The quantitative estimate of drug-likeness (QED) is 0.508. The van der Waals surface area contributed by atoms with Crippen molar-refractivity contribution in [3.8, 4) is 0 Å². The fourth-order valence-corrected chi connectivity index (χ4v) is 2.81. The zero-order chi connectivity index (χ0) is 20.5. The molecular weight excluding hydrogens is 386 g/mol. The van der Waals surface area contributed by atoms with Crippen molar-refractivity contribution in [2.45, 2.75) is 31.7 Å². The number of aliphatic carboxylic acids is 1. The molecule has 0 aliphatic carbocycles. The molecule has 2 aromatic carbocycles. The molecule has 0 heterocycles. The number of aliphatic hydroxyl groups is 2. The van der Waals surface area contributed by atoms with Crippen LogP contribution < -0.4 is 5.32 Å². The van der Waals surface area contributed by atoms with Crippen LogP contribution in [0.2, 0.25) is 5.02 Å². The van der Waals surface area contributed by atoms with Gasteiger partial charge in [0, 0.05) is 11.6 Å². The van der Waals surface area contributed by atoms with Gasteiger partial charge in [-0.2, -0.15) is 0 Å². The zero-order valence-electron chi connectivity index (χ0n) is 15.0. The van der Waals surface area contributed by atoms with Gasteiger partial charge in [-0.25, -0.2) is 4.79 Å². The number of rotatable bonds is 9. The lowest BCUT2D eigenvalue weighted by Crippen LogP contribution is -2.30. The first kappa shape index (κ1) is 21.7. The summed E-state index contributed by atoms with van der Waals surface area (Å²) in [4.78, 5) is 22.7. The third-order valence-corrected chi connectivity index (χ3v) is 4.29. The molecule has 0 spiro atoms. The summed E-state index contributed by atoms with van der Waals surface area (Å²) in [5.74, 6) is -1.06. The highest BCUT2D eigenvalue weighted by Gasteiger charge is 2.22. The predicted molar refractivity (Wildman–Crippen MR) is 103 cm³/mol. The molecule has 150 valence electrons. The molecule has 0 radical (unpaired) electrons. The zero-order valence-corrected chi connectivity index (χ0v) is 15.8. The number of aliphatic hydroxyl groups excluding tert-OH is 2. The molecule has 4 N–H and O–H groups in total. The third-order valence-electron chi connectivity index (χ3n) is 4.05. The summed E-state index contributed by atoms with van der Waals surface area (Å²) in [6.45, 7) is 0.194. The first-order chi connectivity index (χ1) is 13.4. The van der Waals surface area contributed by atoms with E-state index >= 15 is 0 Å². The van der Waals surface area contributed by atoms with Crippen LogP contribution in [-0.4, -0.2) is 40.0 Å². The number of halogens is 1. The number of benzene rings is 2. The Kier molecular flexibility index (Phi) is 8.25. The topological polar surface area (TPSA) is 116 Å². The van der Waals surface area contributed by atoms with E-state index in [1.165, 1.54) is 18.2 Å². The van der Waals surface area contributed by atoms with Crippen LogP contribution in [0.5, 0.6) is 0 Å². The molecule has 0 bridgehead atoms. The summed E-state index contributed by atoms with van der Waals surface area (Å²) >= 11 is 5.92. The molecule has 7 nitrogen and oxygen atoms in total. The molecule has 2 rings (SSSR count). The van der Waals surface area contributed by atoms with E-state index in [1.807, 2.05) is 30.3 Å². The van der Waals surface area contributed by atoms with Crippen molar-refractivity contribution in [2.24, 2.45) is 0 Å². The molecule has 1 amide bonds. The molecule has 0 saturated carbocycles. The summed E-state index contributed by atoms with van der Waals surface area (Å²) < 4.78 is 5.06. The molecule has 0 aliphatic heterocycles. The Balaban J connectivity index is 1.84. The van der Waals surface area contributed by atoms with Gasteiger partial charge in [-0.1, -0.05) is 48.0 Å². The summed E-state index contributed by atoms with van der Waals surface area (Å²) in [6.07, 6.45) is -3.46. The highest BCUT2D eigenvalue weighted by atomic mass is 35.5. The normalized spacial score (nSPS) is 12.8. The van der Waals surface area contributed by atoms with Gasteiger partial charge >= 0.3 is 12.1 Å². The molecule has 8 heteroatoms. The van der Waals surface area contributed by atoms with E-state index in [4.69, 9.17) is 21.4 Å². The van der Waals surface area contributed by atoms with Crippen LogP contribution in [0, 0.1) is 0 Å². The largest absolute Gasteiger partial charge is 0.481 e. The van der Waals surface area contributed by atoms with Crippen molar-refractivity contribution in [1.82, 2.24) is 5.32 Å². The number of carboxylic acids is 1. The van der Waals surface area contributed by atoms with Gasteiger partial charge in [0.05, 0.1) is 12.5 Å². The maximum absolute atomic E-state index is 11.7. The standard InChI is InChI=1S/C20H22ClNO6/c21-15-7-6-14(10-18(24)25)16(11-15)19(26)17(23)8-9-22-20(27)28-12-13-4-2-1-3-5-13/h1-7,11,17,19,23,26H,8-10,12H2,(H,22,27)(H,24,25). The lowest BCUT2D eigenvalue weighted by Gasteiger charge is -2.21. The van der Waals surface area contributed by atoms with Crippen LogP contribution in [0.25, 0.3) is 0 Å². The average Bonchev–Trinajstić information content (AvgIpc) is 2.67. The molecule has 28 heavy (non-hydrogen) atoms. The highest BCUT2D eigenvalue weighted by molar-refractivity contribution is 6.30. The maximum Gasteiger partial charge on any atom is 0.407 e. The number of amides is 1. The van der Waals surface area contributed by atoms with Crippen LogP contribution in [0.1, 0.15) is 29.2 Å².